The SMILES string of the molecule is C#CCCCCNC(=O)NC1(C(=O)O)CC1. The molecule has 0 aromatic rings. The molecule has 1 fully saturated rings. The Morgan fingerprint density at radius 1 is 1.38 bits per heavy atom. The zero-order chi connectivity index (χ0) is 12.0. The number of aliphatic carboxylic acids is 1. The fourth-order valence-corrected chi connectivity index (χ4v) is 1.33. The van der Waals surface area contributed by atoms with Crippen LogP contribution in [-0.4, -0.2) is 29.2 Å². The van der Waals surface area contributed by atoms with E-state index >= 15 is 0 Å². The Bertz CT molecular complexity index is 316. The smallest absolute Gasteiger partial charge is 0.329 e. The molecule has 0 saturated heterocycles. The van der Waals surface area contributed by atoms with Gasteiger partial charge in [-0.1, -0.05) is 0 Å². The quantitative estimate of drug-likeness (QED) is 0.459. The summed E-state index contributed by atoms with van der Waals surface area (Å²) in [6, 6.07) is -0.416. The predicted octanol–water partition coefficient (Wildman–Crippen LogP) is 0.706. The van der Waals surface area contributed by atoms with Crippen molar-refractivity contribution < 1.29 is 14.7 Å². The van der Waals surface area contributed by atoms with Crippen molar-refractivity contribution in [2.45, 2.75) is 37.6 Å². The van der Waals surface area contributed by atoms with Gasteiger partial charge in [0.15, 0.2) is 0 Å². The van der Waals surface area contributed by atoms with Crippen molar-refractivity contribution in [2.24, 2.45) is 0 Å². The second kappa shape index (κ2) is 5.40. The van der Waals surface area contributed by atoms with E-state index < -0.39 is 17.5 Å². The minimum Gasteiger partial charge on any atom is -0.480 e. The van der Waals surface area contributed by atoms with E-state index in [1.807, 2.05) is 0 Å². The van der Waals surface area contributed by atoms with E-state index in [-0.39, 0.29) is 0 Å². The summed E-state index contributed by atoms with van der Waals surface area (Å²) in [6.45, 7) is 0.517. The van der Waals surface area contributed by atoms with Gasteiger partial charge < -0.3 is 15.7 Å². The maximum Gasteiger partial charge on any atom is 0.329 e. The Morgan fingerprint density at radius 2 is 2.06 bits per heavy atom. The van der Waals surface area contributed by atoms with Crippen LogP contribution in [0.15, 0.2) is 0 Å². The molecule has 0 aromatic carbocycles. The number of carboxylic acids is 1. The Hall–Kier alpha value is -1.70. The third kappa shape index (κ3) is 3.46. The van der Waals surface area contributed by atoms with Crippen LogP contribution in [0.25, 0.3) is 0 Å². The van der Waals surface area contributed by atoms with Gasteiger partial charge in [-0.25, -0.2) is 9.59 Å². The summed E-state index contributed by atoms with van der Waals surface area (Å²) in [7, 11) is 0. The van der Waals surface area contributed by atoms with Crippen LogP contribution < -0.4 is 10.6 Å². The Labute approximate surface area is 94.6 Å². The molecule has 5 heteroatoms. The van der Waals surface area contributed by atoms with Crippen LogP contribution in [0, 0.1) is 12.3 Å². The minimum atomic E-state index is -1.01. The molecule has 0 unspecified atom stereocenters. The highest BCUT2D eigenvalue weighted by molar-refractivity contribution is 5.88. The lowest BCUT2D eigenvalue weighted by atomic mass is 10.2. The predicted molar refractivity (Wildman–Crippen MR) is 58.8 cm³/mol. The molecule has 1 rings (SSSR count). The average molecular weight is 224 g/mol. The van der Waals surface area contributed by atoms with Crippen molar-refractivity contribution in [1.29, 1.82) is 0 Å². The summed E-state index contributed by atoms with van der Waals surface area (Å²) >= 11 is 0. The first-order chi connectivity index (χ1) is 7.60. The Balaban J connectivity index is 2.13. The molecule has 0 aliphatic heterocycles. The number of urea groups is 1. The molecule has 88 valence electrons. The molecule has 0 spiro atoms. The first kappa shape index (κ1) is 12.4. The van der Waals surface area contributed by atoms with E-state index in [2.05, 4.69) is 16.6 Å². The van der Waals surface area contributed by atoms with Crippen LogP contribution in [-0.2, 0) is 4.79 Å². The van der Waals surface area contributed by atoms with Gasteiger partial charge in [0, 0.05) is 13.0 Å². The molecule has 1 aliphatic carbocycles. The van der Waals surface area contributed by atoms with Gasteiger partial charge in [-0.2, -0.15) is 0 Å². The molecule has 3 N–H and O–H groups in total. The fourth-order valence-electron chi connectivity index (χ4n) is 1.33. The fraction of sp³-hybridized carbons (Fsp3) is 0.636. The van der Waals surface area contributed by atoms with E-state index in [4.69, 9.17) is 11.5 Å². The highest BCUT2D eigenvalue weighted by atomic mass is 16.4. The number of unbranched alkanes of at least 4 members (excludes halogenated alkanes) is 2. The Kier molecular flexibility index (Phi) is 4.18. The van der Waals surface area contributed by atoms with Crippen LogP contribution in [0.1, 0.15) is 32.1 Å². The second-order valence-corrected chi connectivity index (χ2v) is 3.93. The van der Waals surface area contributed by atoms with Gasteiger partial charge in [0.2, 0.25) is 0 Å². The van der Waals surface area contributed by atoms with E-state index in [0.29, 0.717) is 25.8 Å². The molecular formula is C11H16N2O3. The van der Waals surface area contributed by atoms with Crippen LogP contribution in [0.5, 0.6) is 0 Å². The molecule has 1 aliphatic rings. The molecule has 0 radical (unpaired) electrons. The Morgan fingerprint density at radius 3 is 2.56 bits per heavy atom. The monoisotopic (exact) mass is 224 g/mol. The molecule has 0 aromatic heterocycles. The van der Waals surface area contributed by atoms with Gasteiger partial charge in [0.25, 0.3) is 0 Å². The molecule has 2 amide bonds. The topological polar surface area (TPSA) is 78.4 Å². The number of amides is 2. The molecule has 1 saturated carbocycles. The number of hydrogen-bond acceptors (Lipinski definition) is 2. The molecular weight excluding hydrogens is 208 g/mol. The number of rotatable bonds is 6. The molecule has 0 bridgehead atoms. The highest BCUT2D eigenvalue weighted by Gasteiger charge is 2.51. The van der Waals surface area contributed by atoms with Crippen molar-refractivity contribution in [3.05, 3.63) is 0 Å². The number of terminal acetylenes is 1. The summed E-state index contributed by atoms with van der Waals surface area (Å²) in [5.74, 6) is 1.55. The first-order valence-electron chi connectivity index (χ1n) is 5.33. The first-order valence-corrected chi connectivity index (χ1v) is 5.33. The van der Waals surface area contributed by atoms with Crippen LogP contribution in [0.4, 0.5) is 4.79 Å². The average Bonchev–Trinajstić information content (AvgIpc) is 2.98. The lowest BCUT2D eigenvalue weighted by Gasteiger charge is -2.13. The number of carbonyl (C=O) groups is 2. The van der Waals surface area contributed by atoms with Crippen molar-refractivity contribution in [3.8, 4) is 12.3 Å². The summed E-state index contributed by atoms with van der Waals surface area (Å²) in [5.41, 5.74) is -1.01. The lowest BCUT2D eigenvalue weighted by molar-refractivity contribution is -0.140. The van der Waals surface area contributed by atoms with Gasteiger partial charge in [-0.15, -0.1) is 12.3 Å². The van der Waals surface area contributed by atoms with Gasteiger partial charge >= 0.3 is 12.0 Å². The van der Waals surface area contributed by atoms with E-state index in [1.54, 1.807) is 0 Å². The van der Waals surface area contributed by atoms with Gasteiger partial charge in [0.1, 0.15) is 5.54 Å². The van der Waals surface area contributed by atoms with Crippen LogP contribution >= 0.6 is 0 Å². The normalized spacial score (nSPS) is 15.9. The van der Waals surface area contributed by atoms with Gasteiger partial charge in [0.05, 0.1) is 0 Å². The number of carbonyl (C=O) groups excluding carboxylic acids is 1. The third-order valence-electron chi connectivity index (χ3n) is 2.55. The maximum atomic E-state index is 11.3. The summed E-state index contributed by atoms with van der Waals surface area (Å²) in [6.07, 6.45) is 8.46. The van der Waals surface area contributed by atoms with E-state index in [0.717, 1.165) is 12.8 Å². The van der Waals surface area contributed by atoms with Gasteiger partial charge in [-0.3, -0.25) is 0 Å². The van der Waals surface area contributed by atoms with Crippen molar-refractivity contribution in [3.63, 3.8) is 0 Å². The largest absolute Gasteiger partial charge is 0.480 e. The van der Waals surface area contributed by atoms with Crippen molar-refractivity contribution in [2.75, 3.05) is 6.54 Å². The van der Waals surface area contributed by atoms with E-state index in [1.165, 1.54) is 0 Å². The zero-order valence-corrected chi connectivity index (χ0v) is 9.08. The summed E-state index contributed by atoms with van der Waals surface area (Å²) < 4.78 is 0. The standard InChI is InChI=1S/C11H16N2O3/c1-2-3-4-5-8-12-10(16)13-11(6-7-11)9(14)15/h1H,3-8H2,(H,14,15)(H2,12,13,16). The zero-order valence-electron chi connectivity index (χ0n) is 9.08. The third-order valence-corrected chi connectivity index (χ3v) is 2.55. The maximum absolute atomic E-state index is 11.3. The number of carboxylic acid groups (broad SMARTS) is 1. The second-order valence-electron chi connectivity index (χ2n) is 3.93. The minimum absolute atomic E-state index is 0.416. The lowest BCUT2D eigenvalue weighted by Crippen LogP contribution is -2.48. The number of nitrogens with one attached hydrogen (secondary N) is 2. The molecule has 0 heterocycles. The van der Waals surface area contributed by atoms with Crippen LogP contribution in [0.3, 0.4) is 0 Å². The highest BCUT2D eigenvalue weighted by Crippen LogP contribution is 2.35. The molecule has 5 nitrogen and oxygen atoms in total. The van der Waals surface area contributed by atoms with Gasteiger partial charge in [-0.05, 0) is 25.7 Å². The number of hydrogen-bond donors (Lipinski definition) is 3. The summed E-state index contributed by atoms with van der Waals surface area (Å²) in [5, 5.41) is 13.9. The van der Waals surface area contributed by atoms with Crippen molar-refractivity contribution in [1.82, 2.24) is 10.6 Å². The van der Waals surface area contributed by atoms with Crippen LogP contribution in [0.2, 0.25) is 0 Å². The molecule has 0 atom stereocenters. The van der Waals surface area contributed by atoms with Crippen molar-refractivity contribution >= 4 is 12.0 Å². The van der Waals surface area contributed by atoms with E-state index in [9.17, 15) is 9.59 Å². The molecule has 16 heavy (non-hydrogen) atoms. The summed E-state index contributed by atoms with van der Waals surface area (Å²) in [4.78, 5) is 22.1.